The van der Waals surface area contributed by atoms with Crippen LogP contribution in [-0.2, 0) is 18.3 Å². The number of aromatic nitrogens is 4. The van der Waals surface area contributed by atoms with E-state index in [1.807, 2.05) is 48.0 Å². The van der Waals surface area contributed by atoms with Crippen molar-refractivity contribution in [3.05, 3.63) is 54.5 Å². The second kappa shape index (κ2) is 6.97. The van der Waals surface area contributed by atoms with Gasteiger partial charge in [0.1, 0.15) is 13.2 Å². The lowest BCUT2D eigenvalue weighted by molar-refractivity contribution is -0.115. The topological polar surface area (TPSA) is 94.1 Å². The molecule has 0 bridgehead atoms. The number of carbonyl (C=O) groups excluding carboxylic acids is 1. The molecule has 0 aliphatic carbocycles. The number of rotatable bonds is 4. The number of fused-ring (bicyclic) bond motifs is 2. The molecule has 8 nitrogen and oxygen atoms in total. The van der Waals surface area contributed by atoms with E-state index in [1.54, 1.807) is 12.5 Å². The molecular formula is C21H19N5O3. The van der Waals surface area contributed by atoms with Gasteiger partial charge in [-0.3, -0.25) is 9.89 Å². The third-order valence-electron chi connectivity index (χ3n) is 4.90. The summed E-state index contributed by atoms with van der Waals surface area (Å²) in [7, 11) is 1.94. The highest BCUT2D eigenvalue weighted by atomic mass is 16.6. The van der Waals surface area contributed by atoms with Crippen LogP contribution in [0.1, 0.15) is 5.56 Å². The molecule has 1 amide bonds. The summed E-state index contributed by atoms with van der Waals surface area (Å²) in [6, 6.07) is 11.5. The van der Waals surface area contributed by atoms with Gasteiger partial charge in [0.2, 0.25) is 5.91 Å². The fourth-order valence-corrected chi connectivity index (χ4v) is 3.46. The summed E-state index contributed by atoms with van der Waals surface area (Å²) in [4.78, 5) is 16.8. The molecule has 0 saturated carbocycles. The Morgan fingerprint density at radius 3 is 2.86 bits per heavy atom. The van der Waals surface area contributed by atoms with E-state index in [-0.39, 0.29) is 12.3 Å². The van der Waals surface area contributed by atoms with Gasteiger partial charge >= 0.3 is 0 Å². The number of hydrogen-bond donors (Lipinski definition) is 2. The van der Waals surface area contributed by atoms with Gasteiger partial charge < -0.3 is 19.4 Å². The molecular weight excluding hydrogens is 370 g/mol. The molecule has 0 unspecified atom stereocenters. The number of benzene rings is 2. The zero-order chi connectivity index (χ0) is 19.8. The third kappa shape index (κ3) is 3.29. The average molecular weight is 389 g/mol. The number of aromatic amines is 1. The van der Waals surface area contributed by atoms with E-state index >= 15 is 0 Å². The Kier molecular flexibility index (Phi) is 4.16. The maximum absolute atomic E-state index is 12.6. The summed E-state index contributed by atoms with van der Waals surface area (Å²) < 4.78 is 13.1. The highest BCUT2D eigenvalue weighted by Gasteiger charge is 2.15. The highest BCUT2D eigenvalue weighted by Crippen LogP contribution is 2.31. The van der Waals surface area contributed by atoms with Crippen LogP contribution in [0.4, 0.5) is 5.82 Å². The minimum Gasteiger partial charge on any atom is -0.486 e. The van der Waals surface area contributed by atoms with E-state index in [4.69, 9.17) is 9.47 Å². The van der Waals surface area contributed by atoms with Gasteiger partial charge in [-0.05, 0) is 29.8 Å². The van der Waals surface area contributed by atoms with E-state index in [1.165, 1.54) is 0 Å². The monoisotopic (exact) mass is 389 g/mol. The van der Waals surface area contributed by atoms with Gasteiger partial charge in [0, 0.05) is 18.0 Å². The number of anilines is 1. The standard InChI is InChI=1S/C21H19N5O3/c1-26-12-22-11-17(26)14-3-4-16-15(10-14)21(25-24-16)23-20(27)9-13-2-5-18-19(8-13)29-7-6-28-18/h2-5,8,10-12H,6-7,9H2,1H3,(H2,23,24,25,27). The van der Waals surface area contributed by atoms with Gasteiger partial charge in [0.25, 0.3) is 0 Å². The first-order valence-electron chi connectivity index (χ1n) is 9.30. The van der Waals surface area contributed by atoms with Gasteiger partial charge in [-0.2, -0.15) is 5.10 Å². The van der Waals surface area contributed by atoms with Crippen LogP contribution in [-0.4, -0.2) is 38.9 Å². The van der Waals surface area contributed by atoms with Crippen LogP contribution < -0.4 is 14.8 Å². The van der Waals surface area contributed by atoms with Gasteiger partial charge in [0.15, 0.2) is 17.3 Å². The number of nitrogens with one attached hydrogen (secondary N) is 2. The minimum absolute atomic E-state index is 0.152. The molecule has 0 saturated heterocycles. The number of ether oxygens (including phenoxy) is 2. The smallest absolute Gasteiger partial charge is 0.230 e. The quantitative estimate of drug-likeness (QED) is 0.560. The molecule has 0 fully saturated rings. The summed E-state index contributed by atoms with van der Waals surface area (Å²) >= 11 is 0. The largest absolute Gasteiger partial charge is 0.486 e. The normalized spacial score (nSPS) is 12.9. The molecule has 2 N–H and O–H groups in total. The summed E-state index contributed by atoms with van der Waals surface area (Å²) in [6.45, 7) is 1.06. The van der Waals surface area contributed by atoms with Crippen LogP contribution in [0.2, 0.25) is 0 Å². The number of imidazole rings is 1. The number of nitrogens with zero attached hydrogens (tertiary/aromatic N) is 3. The first-order valence-corrected chi connectivity index (χ1v) is 9.30. The molecule has 0 atom stereocenters. The maximum Gasteiger partial charge on any atom is 0.230 e. The van der Waals surface area contributed by atoms with Crippen molar-refractivity contribution in [1.29, 1.82) is 0 Å². The Morgan fingerprint density at radius 2 is 2.03 bits per heavy atom. The van der Waals surface area contributed by atoms with E-state index in [0.29, 0.717) is 30.5 Å². The number of aryl methyl sites for hydroxylation is 1. The molecule has 146 valence electrons. The Hall–Kier alpha value is -3.81. The second-order valence-corrected chi connectivity index (χ2v) is 6.93. The molecule has 4 aromatic rings. The zero-order valence-corrected chi connectivity index (χ0v) is 15.8. The Labute approximate surface area is 166 Å². The van der Waals surface area contributed by atoms with E-state index < -0.39 is 0 Å². The summed E-state index contributed by atoms with van der Waals surface area (Å²) in [6.07, 6.45) is 3.78. The van der Waals surface area contributed by atoms with Crippen LogP contribution >= 0.6 is 0 Å². The second-order valence-electron chi connectivity index (χ2n) is 6.93. The van der Waals surface area contributed by atoms with Crippen molar-refractivity contribution in [3.63, 3.8) is 0 Å². The zero-order valence-electron chi connectivity index (χ0n) is 15.8. The number of carbonyl (C=O) groups is 1. The van der Waals surface area contributed by atoms with Crippen molar-refractivity contribution < 1.29 is 14.3 Å². The van der Waals surface area contributed by atoms with Crippen LogP contribution in [0.25, 0.3) is 22.2 Å². The summed E-state index contributed by atoms with van der Waals surface area (Å²) in [5, 5.41) is 11.0. The molecule has 29 heavy (non-hydrogen) atoms. The molecule has 0 spiro atoms. The summed E-state index contributed by atoms with van der Waals surface area (Å²) in [5.74, 6) is 1.74. The lowest BCUT2D eigenvalue weighted by Crippen LogP contribution is -2.17. The lowest BCUT2D eigenvalue weighted by Gasteiger charge is -2.18. The molecule has 1 aliphatic heterocycles. The van der Waals surface area contributed by atoms with Crippen LogP contribution in [0.15, 0.2) is 48.9 Å². The predicted molar refractivity (Wildman–Crippen MR) is 108 cm³/mol. The van der Waals surface area contributed by atoms with Crippen molar-refractivity contribution in [2.75, 3.05) is 18.5 Å². The SMILES string of the molecule is Cn1cncc1-c1ccc2[nH]nc(NC(=O)Cc3ccc4c(c3)OCCO4)c2c1. The lowest BCUT2D eigenvalue weighted by atomic mass is 10.1. The van der Waals surface area contributed by atoms with Crippen LogP contribution in [0, 0.1) is 0 Å². The van der Waals surface area contributed by atoms with Crippen molar-refractivity contribution in [1.82, 2.24) is 19.7 Å². The van der Waals surface area contributed by atoms with E-state index in [0.717, 1.165) is 27.7 Å². The molecule has 1 aliphatic rings. The maximum atomic E-state index is 12.6. The number of amides is 1. The summed E-state index contributed by atoms with van der Waals surface area (Å²) in [5.41, 5.74) is 3.69. The first kappa shape index (κ1) is 17.3. The van der Waals surface area contributed by atoms with Gasteiger partial charge in [-0.1, -0.05) is 12.1 Å². The third-order valence-corrected chi connectivity index (χ3v) is 4.90. The van der Waals surface area contributed by atoms with Crippen molar-refractivity contribution >= 4 is 22.6 Å². The Morgan fingerprint density at radius 1 is 1.17 bits per heavy atom. The molecule has 3 heterocycles. The van der Waals surface area contributed by atoms with Gasteiger partial charge in [-0.15, -0.1) is 0 Å². The van der Waals surface area contributed by atoms with Crippen molar-refractivity contribution in [2.24, 2.45) is 7.05 Å². The predicted octanol–water partition coefficient (Wildman–Crippen LogP) is 2.92. The fraction of sp³-hybridized carbons (Fsp3) is 0.190. The van der Waals surface area contributed by atoms with Gasteiger partial charge in [-0.25, -0.2) is 4.98 Å². The molecule has 2 aromatic carbocycles. The first-order chi connectivity index (χ1) is 14.2. The highest BCUT2D eigenvalue weighted by molar-refractivity contribution is 6.01. The molecule has 5 rings (SSSR count). The Bertz CT molecular complexity index is 1210. The molecule has 8 heteroatoms. The van der Waals surface area contributed by atoms with Crippen LogP contribution in [0.5, 0.6) is 11.5 Å². The number of hydrogen-bond acceptors (Lipinski definition) is 5. The number of H-pyrrole nitrogens is 1. The van der Waals surface area contributed by atoms with Crippen molar-refractivity contribution in [3.8, 4) is 22.8 Å². The van der Waals surface area contributed by atoms with E-state index in [2.05, 4.69) is 20.5 Å². The Balaban J connectivity index is 1.37. The fourth-order valence-electron chi connectivity index (χ4n) is 3.46. The van der Waals surface area contributed by atoms with Crippen LogP contribution in [0.3, 0.4) is 0 Å². The van der Waals surface area contributed by atoms with Crippen molar-refractivity contribution in [2.45, 2.75) is 6.42 Å². The molecule has 2 aromatic heterocycles. The minimum atomic E-state index is -0.152. The molecule has 0 radical (unpaired) electrons. The van der Waals surface area contributed by atoms with E-state index in [9.17, 15) is 4.79 Å². The van der Waals surface area contributed by atoms with Gasteiger partial charge in [0.05, 0.1) is 30.2 Å². The average Bonchev–Trinajstić information content (AvgIpc) is 3.33.